The van der Waals surface area contributed by atoms with Crippen molar-refractivity contribution in [2.45, 2.75) is 200 Å². The third-order valence-corrected chi connectivity index (χ3v) is 10.5. The van der Waals surface area contributed by atoms with Gasteiger partial charge >= 0.3 is 24.4 Å². The van der Waals surface area contributed by atoms with Crippen LogP contribution in [0.1, 0.15) is 183 Å². The van der Waals surface area contributed by atoms with E-state index < -0.39 is 41.7 Å². The molecule has 0 fully saturated rings. The van der Waals surface area contributed by atoms with Gasteiger partial charge in [0.05, 0.1) is 44.2 Å². The van der Waals surface area contributed by atoms with Gasteiger partial charge < -0.3 is 59.2 Å². The Balaban J connectivity index is 4.39. The number of methoxy groups -OCH3 is 1. The Kier molecular flexibility index (Phi) is 40.5. The summed E-state index contributed by atoms with van der Waals surface area (Å²) in [5.74, 6) is 0. The second-order valence-corrected chi connectivity index (χ2v) is 17.8. The van der Waals surface area contributed by atoms with Crippen molar-refractivity contribution >= 4 is 24.4 Å². The molecule has 4 N–H and O–H groups in total. The van der Waals surface area contributed by atoms with Crippen LogP contribution in [-0.2, 0) is 37.9 Å². The summed E-state index contributed by atoms with van der Waals surface area (Å²) in [7, 11) is 1.62. The fraction of sp³-hybridized carbons (Fsp3) is 0.917. The SMILES string of the molecule is CCCCCCCCCCCCCNC(=O)OC[C@H](COC(=O)NCCOCCOCCNC(=O)OCC(C)(C)OCC(C)(C)OC)OC(=O)NCCCCCCCCCCCCC. The van der Waals surface area contributed by atoms with Crippen molar-refractivity contribution < 1.29 is 57.1 Å². The van der Waals surface area contributed by atoms with Crippen molar-refractivity contribution in [2.75, 3.05) is 86.1 Å². The molecule has 0 aromatic heterocycles. The summed E-state index contributed by atoms with van der Waals surface area (Å²) in [6.45, 7) is 14.2. The van der Waals surface area contributed by atoms with Crippen LogP contribution < -0.4 is 21.3 Å². The predicted octanol–water partition coefficient (Wildman–Crippen LogP) is 10.1. The normalized spacial score (nSPS) is 12.0. The molecule has 1 atom stereocenters. The molecule has 0 saturated carbocycles. The molecule has 0 radical (unpaired) electrons. The minimum absolute atomic E-state index is 0.0760. The van der Waals surface area contributed by atoms with Crippen LogP contribution >= 0.6 is 0 Å². The van der Waals surface area contributed by atoms with Gasteiger partial charge in [-0.1, -0.05) is 142 Å². The van der Waals surface area contributed by atoms with Gasteiger partial charge in [0.25, 0.3) is 0 Å². The van der Waals surface area contributed by atoms with Crippen molar-refractivity contribution in [2.24, 2.45) is 0 Å². The number of amides is 4. The lowest BCUT2D eigenvalue weighted by atomic mass is 10.1. The number of unbranched alkanes of at least 4 members (excludes halogenated alkanes) is 20. The standard InChI is InChI=1S/C48H94N4O12/c1-8-10-12-14-16-18-20-22-24-26-28-30-49-43(53)60-38-42(64-46(56)50-31-29-27-25-23-21-19-17-15-13-11-9-2)39-61-44(54)51-32-34-58-36-37-59-35-33-52-45(55)62-40-48(5,6)63-41-47(3,4)57-7/h42H,8-41H2,1-7H3,(H,49,53)(H,50,56)(H,51,54)(H,52,55)/t42-/m1/s1. The smallest absolute Gasteiger partial charge is 0.407 e. The summed E-state index contributed by atoms with van der Waals surface area (Å²) in [5, 5.41) is 10.7. The quantitative estimate of drug-likeness (QED) is 0.0335. The molecule has 0 aliphatic rings. The van der Waals surface area contributed by atoms with E-state index in [2.05, 4.69) is 35.1 Å². The Labute approximate surface area is 388 Å². The Morgan fingerprint density at radius 2 is 0.781 bits per heavy atom. The van der Waals surface area contributed by atoms with Crippen molar-refractivity contribution in [3.63, 3.8) is 0 Å². The van der Waals surface area contributed by atoms with Crippen molar-refractivity contribution in [3.8, 4) is 0 Å². The Morgan fingerprint density at radius 3 is 1.19 bits per heavy atom. The second-order valence-electron chi connectivity index (χ2n) is 17.8. The number of nitrogens with one attached hydrogen (secondary N) is 4. The molecule has 4 amide bonds. The van der Waals surface area contributed by atoms with Crippen LogP contribution in [0.4, 0.5) is 19.2 Å². The lowest BCUT2D eigenvalue weighted by Gasteiger charge is -2.30. The topological polar surface area (TPSA) is 190 Å². The fourth-order valence-corrected chi connectivity index (χ4v) is 6.24. The monoisotopic (exact) mass is 919 g/mol. The summed E-state index contributed by atoms with van der Waals surface area (Å²) in [6, 6.07) is 0. The molecular weight excluding hydrogens is 825 g/mol. The maximum atomic E-state index is 12.6. The zero-order valence-corrected chi connectivity index (χ0v) is 41.5. The van der Waals surface area contributed by atoms with Crippen molar-refractivity contribution in [1.29, 1.82) is 0 Å². The molecule has 0 unspecified atom stereocenters. The van der Waals surface area contributed by atoms with Gasteiger partial charge in [-0.25, -0.2) is 19.2 Å². The largest absolute Gasteiger partial charge is 0.447 e. The summed E-state index contributed by atoms with van der Waals surface area (Å²) in [5.41, 5.74) is -1.12. The van der Waals surface area contributed by atoms with Crippen LogP contribution in [0.5, 0.6) is 0 Å². The average Bonchev–Trinajstić information content (AvgIpc) is 3.27. The lowest BCUT2D eigenvalue weighted by molar-refractivity contribution is -0.121. The van der Waals surface area contributed by atoms with E-state index in [4.69, 9.17) is 37.9 Å². The van der Waals surface area contributed by atoms with E-state index in [1.54, 1.807) is 7.11 Å². The molecule has 378 valence electrons. The van der Waals surface area contributed by atoms with E-state index in [1.807, 2.05) is 27.7 Å². The molecule has 0 aromatic carbocycles. The zero-order chi connectivity index (χ0) is 47.4. The lowest BCUT2D eigenvalue weighted by Crippen LogP contribution is -2.40. The van der Waals surface area contributed by atoms with Gasteiger partial charge in [-0.15, -0.1) is 0 Å². The van der Waals surface area contributed by atoms with Crippen molar-refractivity contribution in [1.82, 2.24) is 21.3 Å². The molecule has 0 rings (SSSR count). The van der Waals surface area contributed by atoms with E-state index in [-0.39, 0.29) is 59.3 Å². The van der Waals surface area contributed by atoms with Crippen LogP contribution in [-0.4, -0.2) is 128 Å². The first-order valence-corrected chi connectivity index (χ1v) is 24.8. The number of carbonyl (C=O) groups is 4. The first-order chi connectivity index (χ1) is 30.8. The maximum Gasteiger partial charge on any atom is 0.407 e. The molecule has 16 heteroatoms. The second kappa shape index (κ2) is 42.5. The number of ether oxygens (including phenoxy) is 8. The summed E-state index contributed by atoms with van der Waals surface area (Å²) < 4.78 is 43.5. The minimum atomic E-state index is -1.000. The summed E-state index contributed by atoms with van der Waals surface area (Å²) in [6.07, 6.45) is 23.1. The van der Waals surface area contributed by atoms with Crippen LogP contribution in [0.15, 0.2) is 0 Å². The molecule has 0 bridgehead atoms. The molecule has 64 heavy (non-hydrogen) atoms. The molecule has 0 saturated heterocycles. The van der Waals surface area contributed by atoms with E-state index in [0.29, 0.717) is 19.7 Å². The highest BCUT2D eigenvalue weighted by molar-refractivity contribution is 5.69. The molecular formula is C48H94N4O12. The average molecular weight is 919 g/mol. The fourth-order valence-electron chi connectivity index (χ4n) is 6.24. The Bertz CT molecular complexity index is 1130. The maximum absolute atomic E-state index is 12.6. The van der Waals surface area contributed by atoms with Crippen LogP contribution in [0.25, 0.3) is 0 Å². The highest BCUT2D eigenvalue weighted by atomic mass is 16.6. The molecule has 0 heterocycles. The number of hydrogen-bond donors (Lipinski definition) is 4. The highest BCUT2D eigenvalue weighted by Crippen LogP contribution is 2.16. The van der Waals surface area contributed by atoms with E-state index in [1.165, 1.54) is 103 Å². The van der Waals surface area contributed by atoms with Gasteiger partial charge in [0.2, 0.25) is 0 Å². The Morgan fingerprint density at radius 1 is 0.422 bits per heavy atom. The minimum Gasteiger partial charge on any atom is -0.447 e. The predicted molar refractivity (Wildman–Crippen MR) is 252 cm³/mol. The van der Waals surface area contributed by atoms with E-state index in [9.17, 15) is 19.2 Å². The van der Waals surface area contributed by atoms with Crippen LogP contribution in [0.3, 0.4) is 0 Å². The number of carbonyl (C=O) groups excluding carboxylic acids is 4. The van der Waals surface area contributed by atoms with Crippen LogP contribution in [0.2, 0.25) is 0 Å². The van der Waals surface area contributed by atoms with Crippen LogP contribution in [0, 0.1) is 0 Å². The first-order valence-electron chi connectivity index (χ1n) is 24.8. The van der Waals surface area contributed by atoms with Gasteiger partial charge in [0.1, 0.15) is 19.8 Å². The molecule has 0 aliphatic heterocycles. The number of alkyl carbamates (subject to hydrolysis) is 4. The molecule has 16 nitrogen and oxygen atoms in total. The third kappa shape index (κ3) is 42.8. The van der Waals surface area contributed by atoms with Crippen molar-refractivity contribution in [3.05, 3.63) is 0 Å². The highest BCUT2D eigenvalue weighted by Gasteiger charge is 2.26. The van der Waals surface area contributed by atoms with Gasteiger partial charge in [0.15, 0.2) is 6.10 Å². The van der Waals surface area contributed by atoms with Gasteiger partial charge in [-0.2, -0.15) is 0 Å². The molecule has 0 aromatic rings. The molecule has 0 aliphatic carbocycles. The molecule has 0 spiro atoms. The van der Waals surface area contributed by atoms with E-state index >= 15 is 0 Å². The summed E-state index contributed by atoms with van der Waals surface area (Å²) >= 11 is 0. The summed E-state index contributed by atoms with van der Waals surface area (Å²) in [4.78, 5) is 49.5. The third-order valence-electron chi connectivity index (χ3n) is 10.5. The van der Waals surface area contributed by atoms with E-state index in [0.717, 1.165) is 38.5 Å². The zero-order valence-electron chi connectivity index (χ0n) is 41.5. The number of hydrogen-bond acceptors (Lipinski definition) is 12. The number of rotatable bonds is 44. The van der Waals surface area contributed by atoms with Gasteiger partial charge in [-0.05, 0) is 40.5 Å². The first kappa shape index (κ1) is 60.9. The van der Waals surface area contributed by atoms with Gasteiger partial charge in [-0.3, -0.25) is 0 Å². The Hall–Kier alpha value is -3.08. The van der Waals surface area contributed by atoms with Gasteiger partial charge in [0, 0.05) is 33.3 Å².